The molecule has 78 valence electrons. The van der Waals surface area contributed by atoms with E-state index >= 15 is 0 Å². The van der Waals surface area contributed by atoms with Crippen molar-refractivity contribution in [3.63, 3.8) is 0 Å². The Balaban J connectivity index is 1.83. The van der Waals surface area contributed by atoms with Crippen LogP contribution in [0, 0.1) is 5.82 Å². The Bertz CT molecular complexity index is 411. The predicted molar refractivity (Wildman–Crippen MR) is 61.3 cm³/mol. The average Bonchev–Trinajstić information content (AvgIpc) is 2.71. The molecule has 0 fully saturated rings. The second-order valence-corrected chi connectivity index (χ2v) is 4.15. The molecule has 1 N–H and O–H groups in total. The molecule has 0 saturated heterocycles. The van der Waals surface area contributed by atoms with Crippen LogP contribution in [0.5, 0.6) is 0 Å². The van der Waals surface area contributed by atoms with Crippen LogP contribution in [0.2, 0.25) is 0 Å². The van der Waals surface area contributed by atoms with Gasteiger partial charge in [0, 0.05) is 13.1 Å². The predicted octanol–water partition coefficient (Wildman–Crippen LogP) is 3.18. The van der Waals surface area contributed by atoms with Crippen LogP contribution < -0.4 is 5.32 Å². The van der Waals surface area contributed by atoms with Gasteiger partial charge in [0.2, 0.25) is 0 Å². The van der Waals surface area contributed by atoms with Crippen LogP contribution in [0.1, 0.15) is 11.1 Å². The molecule has 0 aliphatic heterocycles. The van der Waals surface area contributed by atoms with Crippen molar-refractivity contribution in [3.05, 3.63) is 58.0 Å². The molecule has 0 amide bonds. The number of thiophene rings is 1. The lowest BCUT2D eigenvalue weighted by Gasteiger charge is -2.03. The summed E-state index contributed by atoms with van der Waals surface area (Å²) in [5, 5.41) is 7.44. The van der Waals surface area contributed by atoms with Crippen LogP contribution in [0.25, 0.3) is 0 Å². The first-order chi connectivity index (χ1) is 7.34. The zero-order valence-electron chi connectivity index (χ0n) is 8.24. The minimum atomic E-state index is -0.176. The Hall–Kier alpha value is -1.19. The maximum absolute atomic E-state index is 12.8. The molecule has 0 aliphatic carbocycles. The van der Waals surface area contributed by atoms with Gasteiger partial charge in [-0.2, -0.15) is 11.3 Å². The SMILES string of the molecule is Fc1cccc(CNCc2ccsc2)c1. The fourth-order valence-electron chi connectivity index (χ4n) is 1.39. The number of benzene rings is 1. The summed E-state index contributed by atoms with van der Waals surface area (Å²) in [4.78, 5) is 0. The van der Waals surface area contributed by atoms with Crippen molar-refractivity contribution in [2.24, 2.45) is 0 Å². The Morgan fingerprint density at radius 1 is 1.13 bits per heavy atom. The van der Waals surface area contributed by atoms with E-state index in [0.717, 1.165) is 12.1 Å². The first-order valence-electron chi connectivity index (χ1n) is 4.81. The lowest BCUT2D eigenvalue weighted by atomic mass is 10.2. The summed E-state index contributed by atoms with van der Waals surface area (Å²) in [6.45, 7) is 1.54. The van der Waals surface area contributed by atoms with E-state index in [4.69, 9.17) is 0 Å². The molecule has 2 rings (SSSR count). The molecule has 1 heterocycles. The molecule has 1 aromatic heterocycles. The van der Waals surface area contributed by atoms with Gasteiger partial charge < -0.3 is 5.32 Å². The average molecular weight is 221 g/mol. The molecule has 2 aromatic rings. The molecule has 1 aromatic carbocycles. The summed E-state index contributed by atoms with van der Waals surface area (Å²) in [6, 6.07) is 8.76. The minimum Gasteiger partial charge on any atom is -0.309 e. The molecule has 0 spiro atoms. The van der Waals surface area contributed by atoms with E-state index in [1.54, 1.807) is 23.5 Å². The first-order valence-corrected chi connectivity index (χ1v) is 5.75. The highest BCUT2D eigenvalue weighted by Crippen LogP contribution is 2.06. The third-order valence-corrected chi connectivity index (χ3v) is 2.86. The Kier molecular flexibility index (Phi) is 3.48. The molecule has 0 bridgehead atoms. The normalized spacial score (nSPS) is 10.5. The molecule has 15 heavy (non-hydrogen) atoms. The van der Waals surface area contributed by atoms with Crippen LogP contribution >= 0.6 is 11.3 Å². The van der Waals surface area contributed by atoms with Crippen LogP contribution in [0.4, 0.5) is 4.39 Å². The van der Waals surface area contributed by atoms with Crippen molar-refractivity contribution in [2.75, 3.05) is 0 Å². The molecular weight excluding hydrogens is 209 g/mol. The second-order valence-electron chi connectivity index (χ2n) is 3.37. The first kappa shape index (κ1) is 10.3. The molecular formula is C12H12FNS. The fourth-order valence-corrected chi connectivity index (χ4v) is 2.06. The number of nitrogens with one attached hydrogen (secondary N) is 1. The molecule has 0 radical (unpaired) electrons. The van der Waals surface area contributed by atoms with E-state index in [1.165, 1.54) is 11.6 Å². The van der Waals surface area contributed by atoms with E-state index in [-0.39, 0.29) is 5.82 Å². The summed E-state index contributed by atoms with van der Waals surface area (Å²) < 4.78 is 12.8. The smallest absolute Gasteiger partial charge is 0.123 e. The molecule has 0 unspecified atom stereocenters. The summed E-state index contributed by atoms with van der Waals surface area (Å²) >= 11 is 1.69. The Morgan fingerprint density at radius 2 is 2.00 bits per heavy atom. The van der Waals surface area contributed by atoms with Crippen molar-refractivity contribution < 1.29 is 4.39 Å². The van der Waals surface area contributed by atoms with Gasteiger partial charge >= 0.3 is 0 Å². The largest absolute Gasteiger partial charge is 0.309 e. The summed E-state index contributed by atoms with van der Waals surface area (Å²) in [5.74, 6) is -0.176. The van der Waals surface area contributed by atoms with Crippen LogP contribution in [0.3, 0.4) is 0 Å². The van der Waals surface area contributed by atoms with E-state index in [1.807, 2.05) is 6.07 Å². The lowest BCUT2D eigenvalue weighted by Crippen LogP contribution is -2.12. The van der Waals surface area contributed by atoms with Crippen molar-refractivity contribution in [1.82, 2.24) is 5.32 Å². The van der Waals surface area contributed by atoms with Crippen LogP contribution in [0.15, 0.2) is 41.1 Å². The van der Waals surface area contributed by atoms with E-state index in [9.17, 15) is 4.39 Å². The van der Waals surface area contributed by atoms with E-state index in [2.05, 4.69) is 22.1 Å². The maximum atomic E-state index is 12.8. The van der Waals surface area contributed by atoms with Crippen molar-refractivity contribution in [2.45, 2.75) is 13.1 Å². The third-order valence-electron chi connectivity index (χ3n) is 2.13. The fraction of sp³-hybridized carbons (Fsp3) is 0.167. The molecule has 0 atom stereocenters. The van der Waals surface area contributed by atoms with Crippen LogP contribution in [-0.4, -0.2) is 0 Å². The number of hydrogen-bond acceptors (Lipinski definition) is 2. The number of halogens is 1. The molecule has 0 aliphatic rings. The van der Waals surface area contributed by atoms with Crippen molar-refractivity contribution >= 4 is 11.3 Å². The van der Waals surface area contributed by atoms with Gasteiger partial charge in [0.1, 0.15) is 5.82 Å². The molecule has 0 saturated carbocycles. The van der Waals surface area contributed by atoms with Crippen LogP contribution in [-0.2, 0) is 13.1 Å². The van der Waals surface area contributed by atoms with Gasteiger partial charge in [-0.1, -0.05) is 12.1 Å². The minimum absolute atomic E-state index is 0.176. The van der Waals surface area contributed by atoms with Crippen molar-refractivity contribution in [3.8, 4) is 0 Å². The van der Waals surface area contributed by atoms with E-state index < -0.39 is 0 Å². The maximum Gasteiger partial charge on any atom is 0.123 e. The quantitative estimate of drug-likeness (QED) is 0.836. The zero-order chi connectivity index (χ0) is 10.5. The van der Waals surface area contributed by atoms with E-state index in [0.29, 0.717) is 6.54 Å². The summed E-state index contributed by atoms with van der Waals surface area (Å²) in [7, 11) is 0. The Morgan fingerprint density at radius 3 is 2.73 bits per heavy atom. The van der Waals surface area contributed by atoms with Gasteiger partial charge in [-0.25, -0.2) is 4.39 Å². The standard InChI is InChI=1S/C12H12FNS/c13-12-3-1-2-10(6-12)7-14-8-11-4-5-15-9-11/h1-6,9,14H,7-8H2. The van der Waals surface area contributed by atoms with Gasteiger partial charge in [-0.3, -0.25) is 0 Å². The zero-order valence-corrected chi connectivity index (χ0v) is 9.06. The van der Waals surface area contributed by atoms with Gasteiger partial charge in [0.25, 0.3) is 0 Å². The highest BCUT2D eigenvalue weighted by molar-refractivity contribution is 7.07. The highest BCUT2D eigenvalue weighted by Gasteiger charge is 1.95. The highest BCUT2D eigenvalue weighted by atomic mass is 32.1. The van der Waals surface area contributed by atoms with Crippen molar-refractivity contribution in [1.29, 1.82) is 0 Å². The monoisotopic (exact) mass is 221 g/mol. The Labute approximate surface area is 92.6 Å². The topological polar surface area (TPSA) is 12.0 Å². The van der Waals surface area contributed by atoms with Gasteiger partial charge in [-0.05, 0) is 40.1 Å². The van der Waals surface area contributed by atoms with Gasteiger partial charge in [-0.15, -0.1) is 0 Å². The van der Waals surface area contributed by atoms with Gasteiger partial charge in [0.05, 0.1) is 0 Å². The number of hydrogen-bond donors (Lipinski definition) is 1. The summed E-state index contributed by atoms with van der Waals surface area (Å²) in [5.41, 5.74) is 2.25. The number of rotatable bonds is 4. The summed E-state index contributed by atoms with van der Waals surface area (Å²) in [6.07, 6.45) is 0. The molecule has 1 nitrogen and oxygen atoms in total. The second kappa shape index (κ2) is 5.05. The molecule has 3 heteroatoms. The lowest BCUT2D eigenvalue weighted by molar-refractivity contribution is 0.620. The van der Waals surface area contributed by atoms with Gasteiger partial charge in [0.15, 0.2) is 0 Å². The third kappa shape index (κ3) is 3.15.